The average Bonchev–Trinajstić information content (AvgIpc) is 2.70. The highest BCUT2D eigenvalue weighted by Crippen LogP contribution is 2.35. The van der Waals surface area contributed by atoms with E-state index in [4.69, 9.17) is 4.42 Å². The molecule has 1 heterocycles. The Hall–Kier alpha value is -0.800. The standard InChI is InChI=1S/C15H25NO2/c1-16(2)15(8-5-3-4-6-9-15)14(17)11-13-7-10-18-12-13/h7,10,12,14,17H,3-6,8-9,11H2,1-2H3. The summed E-state index contributed by atoms with van der Waals surface area (Å²) in [6.45, 7) is 0. The third-order valence-corrected chi connectivity index (χ3v) is 4.49. The third kappa shape index (κ3) is 2.78. The van der Waals surface area contributed by atoms with Crippen LogP contribution in [0.15, 0.2) is 23.0 Å². The van der Waals surface area contributed by atoms with Crippen molar-refractivity contribution in [2.24, 2.45) is 0 Å². The molecule has 1 atom stereocenters. The van der Waals surface area contributed by atoms with E-state index in [0.29, 0.717) is 6.42 Å². The summed E-state index contributed by atoms with van der Waals surface area (Å²) in [6, 6.07) is 1.95. The van der Waals surface area contributed by atoms with Crippen LogP contribution in [0.25, 0.3) is 0 Å². The number of aliphatic hydroxyl groups excluding tert-OH is 1. The van der Waals surface area contributed by atoms with Crippen LogP contribution in [0.3, 0.4) is 0 Å². The van der Waals surface area contributed by atoms with Crippen molar-refractivity contribution in [2.75, 3.05) is 14.1 Å². The number of hydrogen-bond donors (Lipinski definition) is 1. The highest BCUT2D eigenvalue weighted by atomic mass is 16.3. The van der Waals surface area contributed by atoms with Crippen LogP contribution in [-0.4, -0.2) is 35.7 Å². The predicted molar refractivity (Wildman–Crippen MR) is 72.5 cm³/mol. The fourth-order valence-corrected chi connectivity index (χ4v) is 3.24. The fraction of sp³-hybridized carbons (Fsp3) is 0.733. The van der Waals surface area contributed by atoms with Gasteiger partial charge in [-0.1, -0.05) is 25.7 Å². The molecule has 1 saturated carbocycles. The zero-order valence-electron chi connectivity index (χ0n) is 11.6. The van der Waals surface area contributed by atoms with Gasteiger partial charge in [-0.05, 0) is 38.6 Å². The average molecular weight is 251 g/mol. The number of furan rings is 1. The molecular weight excluding hydrogens is 226 g/mol. The molecule has 1 N–H and O–H groups in total. The van der Waals surface area contributed by atoms with Crippen LogP contribution in [0.5, 0.6) is 0 Å². The summed E-state index contributed by atoms with van der Waals surface area (Å²) in [5.74, 6) is 0. The Bertz CT molecular complexity index is 337. The van der Waals surface area contributed by atoms with E-state index >= 15 is 0 Å². The van der Waals surface area contributed by atoms with Crippen LogP contribution in [0.1, 0.15) is 44.1 Å². The van der Waals surface area contributed by atoms with E-state index in [9.17, 15) is 5.11 Å². The first-order chi connectivity index (χ1) is 8.65. The lowest BCUT2D eigenvalue weighted by molar-refractivity contribution is -0.0175. The van der Waals surface area contributed by atoms with Crippen molar-refractivity contribution in [1.29, 1.82) is 0 Å². The van der Waals surface area contributed by atoms with Crippen molar-refractivity contribution < 1.29 is 9.52 Å². The van der Waals surface area contributed by atoms with Gasteiger partial charge in [-0.3, -0.25) is 0 Å². The van der Waals surface area contributed by atoms with Gasteiger partial charge in [0.1, 0.15) is 0 Å². The third-order valence-electron chi connectivity index (χ3n) is 4.49. The minimum Gasteiger partial charge on any atom is -0.472 e. The highest BCUT2D eigenvalue weighted by Gasteiger charge is 2.40. The molecule has 1 unspecified atom stereocenters. The maximum absolute atomic E-state index is 10.7. The number of hydrogen-bond acceptors (Lipinski definition) is 3. The molecule has 1 fully saturated rings. The quantitative estimate of drug-likeness (QED) is 0.836. The van der Waals surface area contributed by atoms with Crippen LogP contribution in [0.4, 0.5) is 0 Å². The summed E-state index contributed by atoms with van der Waals surface area (Å²) in [7, 11) is 4.20. The Labute approximate surface area is 110 Å². The first-order valence-electron chi connectivity index (χ1n) is 7.02. The molecule has 18 heavy (non-hydrogen) atoms. The lowest BCUT2D eigenvalue weighted by Crippen LogP contribution is -2.54. The Balaban J connectivity index is 2.12. The highest BCUT2D eigenvalue weighted by molar-refractivity contribution is 5.10. The summed E-state index contributed by atoms with van der Waals surface area (Å²) >= 11 is 0. The maximum Gasteiger partial charge on any atom is 0.0935 e. The monoisotopic (exact) mass is 251 g/mol. The molecule has 0 saturated heterocycles. The summed E-state index contributed by atoms with van der Waals surface area (Å²) in [6.07, 6.45) is 11.0. The summed E-state index contributed by atoms with van der Waals surface area (Å²) in [4.78, 5) is 2.24. The van der Waals surface area contributed by atoms with Crippen LogP contribution in [0.2, 0.25) is 0 Å². The Morgan fingerprint density at radius 1 is 1.28 bits per heavy atom. The minimum absolute atomic E-state index is 0.0617. The maximum atomic E-state index is 10.7. The van der Waals surface area contributed by atoms with E-state index in [0.717, 1.165) is 18.4 Å². The molecule has 0 radical (unpaired) electrons. The summed E-state index contributed by atoms with van der Waals surface area (Å²) in [5.41, 5.74) is 1.03. The topological polar surface area (TPSA) is 36.6 Å². The zero-order valence-corrected chi connectivity index (χ0v) is 11.6. The minimum atomic E-state index is -0.316. The van der Waals surface area contributed by atoms with Crippen molar-refractivity contribution in [1.82, 2.24) is 4.90 Å². The van der Waals surface area contributed by atoms with Crippen molar-refractivity contribution in [3.05, 3.63) is 24.2 Å². The Morgan fingerprint density at radius 3 is 2.44 bits per heavy atom. The predicted octanol–water partition coefficient (Wildman–Crippen LogP) is 2.84. The largest absolute Gasteiger partial charge is 0.472 e. The number of rotatable bonds is 4. The molecule has 3 heteroatoms. The van der Waals surface area contributed by atoms with Gasteiger partial charge in [-0.25, -0.2) is 0 Å². The molecule has 3 nitrogen and oxygen atoms in total. The van der Waals surface area contributed by atoms with E-state index in [1.807, 2.05) is 6.07 Å². The molecule has 0 spiro atoms. The van der Waals surface area contributed by atoms with Gasteiger partial charge in [-0.15, -0.1) is 0 Å². The fourth-order valence-electron chi connectivity index (χ4n) is 3.24. The van der Waals surface area contributed by atoms with E-state index < -0.39 is 0 Å². The molecule has 102 valence electrons. The second kappa shape index (κ2) is 5.89. The van der Waals surface area contributed by atoms with Gasteiger partial charge in [0.2, 0.25) is 0 Å². The van der Waals surface area contributed by atoms with Crippen LogP contribution < -0.4 is 0 Å². The molecular formula is C15H25NO2. The molecule has 0 amide bonds. The number of likely N-dealkylation sites (N-methyl/N-ethyl adjacent to an activating group) is 1. The molecule has 1 aromatic heterocycles. The van der Waals surface area contributed by atoms with Crippen molar-refractivity contribution in [2.45, 2.75) is 56.6 Å². The van der Waals surface area contributed by atoms with Crippen molar-refractivity contribution in [3.8, 4) is 0 Å². The molecule has 0 bridgehead atoms. The Morgan fingerprint density at radius 2 is 1.94 bits per heavy atom. The molecule has 0 aromatic carbocycles. The van der Waals surface area contributed by atoms with Crippen molar-refractivity contribution >= 4 is 0 Å². The molecule has 1 aliphatic rings. The SMILES string of the molecule is CN(C)C1(C(O)Cc2ccoc2)CCCCCC1. The van der Waals surface area contributed by atoms with E-state index in [2.05, 4.69) is 19.0 Å². The molecule has 1 aliphatic carbocycles. The van der Waals surface area contributed by atoms with Crippen LogP contribution >= 0.6 is 0 Å². The number of nitrogens with zero attached hydrogens (tertiary/aromatic N) is 1. The van der Waals surface area contributed by atoms with E-state index in [-0.39, 0.29) is 11.6 Å². The smallest absolute Gasteiger partial charge is 0.0935 e. The van der Waals surface area contributed by atoms with E-state index in [1.54, 1.807) is 12.5 Å². The van der Waals surface area contributed by atoms with E-state index in [1.165, 1.54) is 25.7 Å². The first-order valence-corrected chi connectivity index (χ1v) is 7.02. The normalized spacial score (nSPS) is 21.8. The van der Waals surface area contributed by atoms with Gasteiger partial charge in [0.25, 0.3) is 0 Å². The summed E-state index contributed by atoms with van der Waals surface area (Å²) in [5, 5.41) is 10.7. The number of aliphatic hydroxyl groups is 1. The van der Waals surface area contributed by atoms with Gasteiger partial charge in [0.05, 0.1) is 18.6 Å². The lowest BCUT2D eigenvalue weighted by atomic mass is 9.81. The summed E-state index contributed by atoms with van der Waals surface area (Å²) < 4.78 is 5.10. The Kier molecular flexibility index (Phi) is 4.46. The van der Waals surface area contributed by atoms with Crippen LogP contribution in [0, 0.1) is 0 Å². The second-order valence-electron chi connectivity index (χ2n) is 5.76. The second-order valence-corrected chi connectivity index (χ2v) is 5.76. The van der Waals surface area contributed by atoms with Gasteiger partial charge in [0.15, 0.2) is 0 Å². The lowest BCUT2D eigenvalue weighted by Gasteiger charge is -2.43. The first kappa shape index (κ1) is 13.6. The molecule has 1 aromatic rings. The molecule has 2 rings (SSSR count). The molecule has 0 aliphatic heterocycles. The van der Waals surface area contributed by atoms with Crippen LogP contribution in [-0.2, 0) is 6.42 Å². The van der Waals surface area contributed by atoms with Gasteiger partial charge >= 0.3 is 0 Å². The van der Waals surface area contributed by atoms with Gasteiger partial charge in [0, 0.05) is 12.0 Å². The van der Waals surface area contributed by atoms with Gasteiger partial charge in [-0.2, -0.15) is 0 Å². The zero-order chi connectivity index (χ0) is 13.0. The van der Waals surface area contributed by atoms with Crippen molar-refractivity contribution in [3.63, 3.8) is 0 Å². The van der Waals surface area contributed by atoms with Gasteiger partial charge < -0.3 is 14.4 Å².